The summed E-state index contributed by atoms with van der Waals surface area (Å²) in [6.07, 6.45) is 3.92. The average molecular weight is 458 g/mol. The molecule has 3 aromatic carbocycles. The van der Waals surface area contributed by atoms with Crippen LogP contribution in [0.4, 0.5) is 5.69 Å². The van der Waals surface area contributed by atoms with Gasteiger partial charge in [-0.2, -0.15) is 10.5 Å². The number of Topliss-reactive ketones (excluding diaryl/α,β-unsaturated/α-hetero) is 1. The topological polar surface area (TPSA) is 67.9 Å². The van der Waals surface area contributed by atoms with Crippen LogP contribution < -0.4 is 4.90 Å². The molecule has 0 saturated carbocycles. The van der Waals surface area contributed by atoms with Crippen molar-refractivity contribution in [1.29, 1.82) is 10.5 Å². The van der Waals surface area contributed by atoms with Crippen molar-refractivity contribution in [3.63, 3.8) is 0 Å². The number of benzene rings is 3. The molecule has 1 fully saturated rings. The van der Waals surface area contributed by atoms with Crippen LogP contribution in [0.25, 0.3) is 16.8 Å². The van der Waals surface area contributed by atoms with Crippen LogP contribution >= 0.6 is 11.3 Å². The van der Waals surface area contributed by atoms with Crippen LogP contribution in [0, 0.1) is 34.0 Å². The number of fused-ring (bicyclic) bond motifs is 5. The van der Waals surface area contributed by atoms with Gasteiger partial charge in [-0.15, -0.1) is 11.3 Å². The van der Waals surface area contributed by atoms with Crippen LogP contribution in [0.15, 0.2) is 90.3 Å². The summed E-state index contributed by atoms with van der Waals surface area (Å²) >= 11 is 1.35. The summed E-state index contributed by atoms with van der Waals surface area (Å²) in [7, 11) is 0. The number of carbonyl (C=O) groups excluding carboxylic acids is 1. The van der Waals surface area contributed by atoms with Gasteiger partial charge in [0.2, 0.25) is 0 Å². The van der Waals surface area contributed by atoms with Crippen molar-refractivity contribution in [3.8, 4) is 12.1 Å². The summed E-state index contributed by atoms with van der Waals surface area (Å²) < 4.78 is 0. The van der Waals surface area contributed by atoms with Gasteiger partial charge in [0, 0.05) is 5.39 Å². The molecule has 34 heavy (non-hydrogen) atoms. The molecule has 0 N–H and O–H groups in total. The minimum Gasteiger partial charge on any atom is -0.353 e. The zero-order valence-corrected chi connectivity index (χ0v) is 18.9. The third-order valence-electron chi connectivity index (χ3n) is 7.08. The van der Waals surface area contributed by atoms with Gasteiger partial charge in [0.25, 0.3) is 0 Å². The van der Waals surface area contributed by atoms with Crippen LogP contribution in [0.2, 0.25) is 0 Å². The molecule has 162 valence electrons. The van der Waals surface area contributed by atoms with E-state index in [9.17, 15) is 15.3 Å². The van der Waals surface area contributed by atoms with Crippen LogP contribution in [-0.2, 0) is 0 Å². The first-order valence-electron chi connectivity index (χ1n) is 11.1. The van der Waals surface area contributed by atoms with E-state index in [0.717, 1.165) is 27.6 Å². The monoisotopic (exact) mass is 457 g/mol. The van der Waals surface area contributed by atoms with E-state index in [-0.39, 0.29) is 5.78 Å². The second-order valence-corrected chi connectivity index (χ2v) is 9.65. The zero-order valence-electron chi connectivity index (χ0n) is 18.1. The normalized spacial score (nSPS) is 21.9. The van der Waals surface area contributed by atoms with Gasteiger partial charge in [-0.05, 0) is 28.0 Å². The Labute approximate surface area is 201 Å². The summed E-state index contributed by atoms with van der Waals surface area (Å²) in [5.74, 6) is -1.00. The van der Waals surface area contributed by atoms with E-state index in [1.54, 1.807) is 6.07 Å². The molecule has 2 unspecified atom stereocenters. The van der Waals surface area contributed by atoms with Crippen molar-refractivity contribution in [2.24, 2.45) is 11.3 Å². The zero-order chi connectivity index (χ0) is 23.3. The summed E-state index contributed by atoms with van der Waals surface area (Å²) in [5, 5.41) is 25.0. The van der Waals surface area contributed by atoms with Gasteiger partial charge in [0.15, 0.2) is 11.2 Å². The molecule has 0 aliphatic carbocycles. The van der Waals surface area contributed by atoms with Crippen molar-refractivity contribution < 1.29 is 4.79 Å². The minimum absolute atomic E-state index is 0.156. The van der Waals surface area contributed by atoms with Crippen LogP contribution in [0.3, 0.4) is 0 Å². The van der Waals surface area contributed by atoms with E-state index in [1.807, 2.05) is 66.1 Å². The summed E-state index contributed by atoms with van der Waals surface area (Å²) in [6.45, 7) is 0. The number of rotatable bonds is 3. The standard InChI is InChI=1S/C29H19N3OS/c30-17-29(18-31)24-15-14-21-13-12-19-7-4-5-10-22(19)26(21)32(24)27(20-8-2-1-3-9-20)25(29)28(33)23-11-6-16-34-23/h1-16,24-25,27H/t24-,25?,27?/m1/s1. The van der Waals surface area contributed by atoms with Gasteiger partial charge in [0.1, 0.15) is 0 Å². The van der Waals surface area contributed by atoms with E-state index in [2.05, 4.69) is 41.3 Å². The maximum atomic E-state index is 14.0. The number of nitriles is 2. The summed E-state index contributed by atoms with van der Waals surface area (Å²) in [5.41, 5.74) is 1.37. The molecule has 3 atom stereocenters. The van der Waals surface area contributed by atoms with E-state index in [4.69, 9.17) is 0 Å². The van der Waals surface area contributed by atoms with Crippen molar-refractivity contribution in [2.45, 2.75) is 12.1 Å². The number of nitrogens with zero attached hydrogens (tertiary/aromatic N) is 3. The highest BCUT2D eigenvalue weighted by Gasteiger charge is 2.64. The maximum Gasteiger partial charge on any atom is 0.181 e. The predicted octanol–water partition coefficient (Wildman–Crippen LogP) is 6.39. The summed E-state index contributed by atoms with van der Waals surface area (Å²) in [6, 6.07) is 29.4. The van der Waals surface area contributed by atoms with Crippen LogP contribution in [0.5, 0.6) is 0 Å². The Morgan fingerprint density at radius 1 is 0.912 bits per heavy atom. The Bertz CT molecular complexity index is 1510. The van der Waals surface area contributed by atoms with Gasteiger partial charge < -0.3 is 4.90 Å². The van der Waals surface area contributed by atoms with Crippen molar-refractivity contribution >= 4 is 39.7 Å². The highest BCUT2D eigenvalue weighted by molar-refractivity contribution is 7.12. The number of hydrogen-bond acceptors (Lipinski definition) is 5. The van der Waals surface area contributed by atoms with Gasteiger partial charge in [-0.25, -0.2) is 0 Å². The van der Waals surface area contributed by atoms with Crippen LogP contribution in [-0.4, -0.2) is 11.8 Å². The average Bonchev–Trinajstić information content (AvgIpc) is 3.53. The highest BCUT2D eigenvalue weighted by atomic mass is 32.1. The largest absolute Gasteiger partial charge is 0.353 e. The number of carbonyl (C=O) groups is 1. The second kappa shape index (κ2) is 7.70. The molecule has 0 spiro atoms. The number of thiophene rings is 1. The highest BCUT2D eigenvalue weighted by Crippen LogP contribution is 2.58. The second-order valence-electron chi connectivity index (χ2n) is 8.70. The Morgan fingerprint density at radius 2 is 1.68 bits per heavy atom. The molecule has 4 aromatic rings. The lowest BCUT2D eigenvalue weighted by molar-refractivity contribution is 0.0872. The quantitative estimate of drug-likeness (QED) is 0.334. The third kappa shape index (κ3) is 2.71. The molecule has 2 aliphatic heterocycles. The lowest BCUT2D eigenvalue weighted by Crippen LogP contribution is -2.40. The molecule has 5 heteroatoms. The Balaban J connectivity index is 1.68. The molecule has 2 aliphatic rings. The van der Waals surface area contributed by atoms with Crippen molar-refractivity contribution in [3.05, 3.63) is 106 Å². The molecule has 0 amide bonds. The van der Waals surface area contributed by atoms with Gasteiger partial charge >= 0.3 is 0 Å². The SMILES string of the molecule is N#CC1(C#N)C(C(=O)c2cccs2)C(c2ccccc2)N2c3c(ccc4ccccc34)C=C[C@@H]21. The molecule has 0 bridgehead atoms. The first-order chi connectivity index (χ1) is 16.7. The van der Waals surface area contributed by atoms with E-state index >= 15 is 0 Å². The maximum absolute atomic E-state index is 14.0. The molecule has 1 saturated heterocycles. The predicted molar refractivity (Wildman–Crippen MR) is 134 cm³/mol. The Morgan fingerprint density at radius 3 is 2.41 bits per heavy atom. The molecule has 3 heterocycles. The molecule has 4 nitrogen and oxygen atoms in total. The van der Waals surface area contributed by atoms with Gasteiger partial charge in [0.05, 0.1) is 40.7 Å². The molecule has 0 radical (unpaired) electrons. The Kier molecular flexibility index (Phi) is 4.62. The van der Waals surface area contributed by atoms with Crippen molar-refractivity contribution in [2.75, 3.05) is 4.90 Å². The molecule has 1 aromatic heterocycles. The van der Waals surface area contributed by atoms with E-state index in [1.165, 1.54) is 11.3 Å². The number of hydrogen-bond donors (Lipinski definition) is 0. The lowest BCUT2D eigenvalue weighted by atomic mass is 9.70. The fourth-order valence-electron chi connectivity index (χ4n) is 5.62. The van der Waals surface area contributed by atoms with E-state index < -0.39 is 23.4 Å². The van der Waals surface area contributed by atoms with Crippen molar-refractivity contribution in [1.82, 2.24) is 0 Å². The Hall–Kier alpha value is -4.19. The first kappa shape index (κ1) is 20.4. The molecular formula is C29H19N3OS. The van der Waals surface area contributed by atoms with Gasteiger partial charge in [-0.1, -0.05) is 84.9 Å². The molecular weight excluding hydrogens is 438 g/mol. The fourth-order valence-corrected chi connectivity index (χ4v) is 6.32. The van der Waals surface area contributed by atoms with Crippen LogP contribution in [0.1, 0.15) is 26.8 Å². The fraction of sp³-hybridized carbons (Fsp3) is 0.138. The number of anilines is 1. The van der Waals surface area contributed by atoms with Gasteiger partial charge in [-0.3, -0.25) is 4.79 Å². The number of ketones is 1. The molecule has 6 rings (SSSR count). The minimum atomic E-state index is -1.54. The lowest BCUT2D eigenvalue weighted by Gasteiger charge is -2.37. The van der Waals surface area contributed by atoms with E-state index in [0.29, 0.717) is 4.88 Å². The summed E-state index contributed by atoms with van der Waals surface area (Å²) in [4.78, 5) is 16.7. The first-order valence-corrected chi connectivity index (χ1v) is 12.0. The smallest absolute Gasteiger partial charge is 0.181 e. The third-order valence-corrected chi connectivity index (χ3v) is 7.96.